The van der Waals surface area contributed by atoms with E-state index in [0.717, 1.165) is 19.5 Å². The van der Waals surface area contributed by atoms with Crippen LogP contribution in [0.2, 0.25) is 10.0 Å². The van der Waals surface area contributed by atoms with Crippen LogP contribution in [0.1, 0.15) is 4.88 Å². The highest BCUT2D eigenvalue weighted by atomic mass is 35.5. The van der Waals surface area contributed by atoms with Gasteiger partial charge in [0.05, 0.1) is 5.02 Å². The number of benzene rings is 1. The number of ether oxygens (including phenoxy) is 1. The van der Waals surface area contributed by atoms with Gasteiger partial charge in [-0.15, -0.1) is 11.3 Å². The van der Waals surface area contributed by atoms with Gasteiger partial charge in [-0.05, 0) is 30.0 Å². The van der Waals surface area contributed by atoms with Gasteiger partial charge in [0, 0.05) is 29.1 Å². The van der Waals surface area contributed by atoms with Crippen molar-refractivity contribution in [2.45, 2.75) is 6.42 Å². The van der Waals surface area contributed by atoms with E-state index in [9.17, 15) is 0 Å². The van der Waals surface area contributed by atoms with Gasteiger partial charge in [-0.1, -0.05) is 29.3 Å². The molecule has 0 bridgehead atoms. The Kier molecular flexibility index (Phi) is 5.98. The summed E-state index contributed by atoms with van der Waals surface area (Å²) in [5, 5.41) is 6.65. The van der Waals surface area contributed by atoms with E-state index in [4.69, 9.17) is 27.9 Å². The smallest absolute Gasteiger partial charge is 0.139 e. The molecule has 1 aromatic carbocycles. The first kappa shape index (κ1) is 14.7. The zero-order valence-electron chi connectivity index (χ0n) is 10.4. The Morgan fingerprint density at radius 3 is 2.84 bits per heavy atom. The molecule has 2 rings (SSSR count). The lowest BCUT2D eigenvalue weighted by Crippen LogP contribution is -2.23. The fraction of sp³-hybridized carbons (Fsp3) is 0.286. The Morgan fingerprint density at radius 1 is 1.16 bits per heavy atom. The zero-order valence-corrected chi connectivity index (χ0v) is 12.7. The van der Waals surface area contributed by atoms with Crippen molar-refractivity contribution < 1.29 is 4.74 Å². The minimum Gasteiger partial charge on any atom is -0.491 e. The van der Waals surface area contributed by atoms with Crippen LogP contribution in [0.3, 0.4) is 0 Å². The molecule has 1 N–H and O–H groups in total. The predicted octanol–water partition coefficient (Wildman–Crippen LogP) is 4.27. The molecule has 102 valence electrons. The maximum Gasteiger partial charge on any atom is 0.139 e. The number of rotatable bonds is 7. The van der Waals surface area contributed by atoms with Gasteiger partial charge in [0.2, 0.25) is 0 Å². The van der Waals surface area contributed by atoms with E-state index in [1.807, 2.05) is 0 Å². The summed E-state index contributed by atoms with van der Waals surface area (Å²) < 4.78 is 5.58. The molecular weight excluding hydrogens is 301 g/mol. The van der Waals surface area contributed by atoms with Crippen molar-refractivity contribution >= 4 is 34.5 Å². The number of hydrogen-bond donors (Lipinski definition) is 1. The first-order chi connectivity index (χ1) is 9.25. The van der Waals surface area contributed by atoms with Gasteiger partial charge in [0.25, 0.3) is 0 Å². The van der Waals surface area contributed by atoms with E-state index in [-0.39, 0.29) is 0 Å². The molecule has 0 fully saturated rings. The number of nitrogens with one attached hydrogen (secondary N) is 1. The number of halogens is 2. The molecule has 0 aliphatic carbocycles. The molecular formula is C14H15Cl2NOS. The van der Waals surface area contributed by atoms with Crippen molar-refractivity contribution in [2.24, 2.45) is 0 Å². The minimum atomic E-state index is 0.574. The quantitative estimate of drug-likeness (QED) is 0.770. The number of hydrogen-bond acceptors (Lipinski definition) is 3. The van der Waals surface area contributed by atoms with Crippen LogP contribution in [0.4, 0.5) is 0 Å². The van der Waals surface area contributed by atoms with Crippen LogP contribution in [-0.4, -0.2) is 19.7 Å². The molecule has 0 spiro atoms. The Balaban J connectivity index is 1.62. The average molecular weight is 316 g/mol. The molecule has 1 heterocycles. The highest BCUT2D eigenvalue weighted by Crippen LogP contribution is 2.27. The van der Waals surface area contributed by atoms with E-state index < -0.39 is 0 Å². The molecule has 0 atom stereocenters. The molecule has 0 aliphatic rings. The summed E-state index contributed by atoms with van der Waals surface area (Å²) in [6.07, 6.45) is 1.05. The van der Waals surface area contributed by atoms with Crippen LogP contribution in [0.15, 0.2) is 35.7 Å². The third-order valence-corrected chi connectivity index (χ3v) is 4.04. The molecule has 0 aliphatic heterocycles. The van der Waals surface area contributed by atoms with Gasteiger partial charge in [0.1, 0.15) is 12.4 Å². The number of thiophene rings is 1. The van der Waals surface area contributed by atoms with Gasteiger partial charge >= 0.3 is 0 Å². The standard InChI is InChI=1S/C14H15Cl2NOS/c15-11-3-4-13(16)14(10-11)18-8-7-17-6-5-12-2-1-9-19-12/h1-4,9-10,17H,5-8H2. The summed E-state index contributed by atoms with van der Waals surface area (Å²) >= 11 is 13.7. The van der Waals surface area contributed by atoms with Crippen LogP contribution >= 0.6 is 34.5 Å². The topological polar surface area (TPSA) is 21.3 Å². The van der Waals surface area contributed by atoms with Crippen LogP contribution in [0.25, 0.3) is 0 Å². The zero-order chi connectivity index (χ0) is 13.5. The van der Waals surface area contributed by atoms with Gasteiger partial charge in [-0.3, -0.25) is 0 Å². The molecule has 0 radical (unpaired) electrons. The van der Waals surface area contributed by atoms with Crippen LogP contribution < -0.4 is 10.1 Å². The molecule has 2 aromatic rings. The predicted molar refractivity (Wildman–Crippen MR) is 82.8 cm³/mol. The SMILES string of the molecule is Clc1ccc(Cl)c(OCCNCCc2cccs2)c1. The Labute approximate surface area is 127 Å². The molecule has 19 heavy (non-hydrogen) atoms. The summed E-state index contributed by atoms with van der Waals surface area (Å²) in [5.74, 6) is 0.634. The fourth-order valence-electron chi connectivity index (χ4n) is 1.61. The van der Waals surface area contributed by atoms with Crippen LogP contribution in [-0.2, 0) is 6.42 Å². The van der Waals surface area contributed by atoms with E-state index in [2.05, 4.69) is 22.8 Å². The summed E-state index contributed by atoms with van der Waals surface area (Å²) in [5.41, 5.74) is 0. The van der Waals surface area contributed by atoms with Gasteiger partial charge < -0.3 is 10.1 Å². The van der Waals surface area contributed by atoms with Crippen LogP contribution in [0, 0.1) is 0 Å². The van der Waals surface area contributed by atoms with E-state index in [0.29, 0.717) is 22.4 Å². The first-order valence-electron chi connectivity index (χ1n) is 6.06. The van der Waals surface area contributed by atoms with Crippen molar-refractivity contribution in [1.29, 1.82) is 0 Å². The monoisotopic (exact) mass is 315 g/mol. The second-order valence-corrected chi connectivity index (χ2v) is 5.88. The van der Waals surface area contributed by atoms with Gasteiger partial charge in [-0.25, -0.2) is 0 Å². The maximum atomic E-state index is 6.00. The second-order valence-electron chi connectivity index (χ2n) is 4.00. The molecule has 0 amide bonds. The maximum absolute atomic E-state index is 6.00. The molecule has 0 unspecified atom stereocenters. The third kappa shape index (κ3) is 5.03. The van der Waals surface area contributed by atoms with Crippen molar-refractivity contribution in [3.05, 3.63) is 50.6 Å². The van der Waals surface area contributed by atoms with Crippen molar-refractivity contribution in [2.75, 3.05) is 19.7 Å². The first-order valence-corrected chi connectivity index (χ1v) is 7.70. The van der Waals surface area contributed by atoms with E-state index >= 15 is 0 Å². The second kappa shape index (κ2) is 7.75. The third-order valence-electron chi connectivity index (χ3n) is 2.56. The summed E-state index contributed by atoms with van der Waals surface area (Å²) in [4.78, 5) is 1.39. The van der Waals surface area contributed by atoms with Gasteiger partial charge in [-0.2, -0.15) is 0 Å². The lowest BCUT2D eigenvalue weighted by atomic mass is 10.3. The molecule has 0 saturated carbocycles. The summed E-state index contributed by atoms with van der Waals surface area (Å²) in [6, 6.07) is 9.44. The Bertz CT molecular complexity index is 502. The minimum absolute atomic E-state index is 0.574. The average Bonchev–Trinajstić information content (AvgIpc) is 2.90. The normalized spacial score (nSPS) is 10.6. The largest absolute Gasteiger partial charge is 0.491 e. The summed E-state index contributed by atoms with van der Waals surface area (Å²) in [6.45, 7) is 2.31. The van der Waals surface area contributed by atoms with Crippen LogP contribution in [0.5, 0.6) is 5.75 Å². The molecule has 5 heteroatoms. The van der Waals surface area contributed by atoms with Crippen molar-refractivity contribution in [3.63, 3.8) is 0 Å². The highest BCUT2D eigenvalue weighted by Gasteiger charge is 2.02. The van der Waals surface area contributed by atoms with E-state index in [1.54, 1.807) is 29.5 Å². The lowest BCUT2D eigenvalue weighted by Gasteiger charge is -2.09. The van der Waals surface area contributed by atoms with E-state index in [1.165, 1.54) is 4.88 Å². The Morgan fingerprint density at radius 2 is 2.05 bits per heavy atom. The van der Waals surface area contributed by atoms with Crippen molar-refractivity contribution in [3.8, 4) is 5.75 Å². The highest BCUT2D eigenvalue weighted by molar-refractivity contribution is 7.09. The molecule has 1 aromatic heterocycles. The fourth-order valence-corrected chi connectivity index (χ4v) is 2.66. The summed E-state index contributed by atoms with van der Waals surface area (Å²) in [7, 11) is 0. The van der Waals surface area contributed by atoms with Crippen molar-refractivity contribution in [1.82, 2.24) is 5.32 Å². The molecule has 2 nitrogen and oxygen atoms in total. The van der Waals surface area contributed by atoms with Gasteiger partial charge in [0.15, 0.2) is 0 Å². The molecule has 0 saturated heterocycles. The Hall–Kier alpha value is -0.740. The lowest BCUT2D eigenvalue weighted by molar-refractivity contribution is 0.315.